The van der Waals surface area contributed by atoms with E-state index in [0.29, 0.717) is 17.1 Å². The van der Waals surface area contributed by atoms with E-state index in [1.807, 2.05) is 30.3 Å². The molecule has 0 aliphatic carbocycles. The van der Waals surface area contributed by atoms with Gasteiger partial charge in [0.1, 0.15) is 5.69 Å². The molecule has 8 heteroatoms. The topological polar surface area (TPSA) is 86.4 Å². The number of aromatic nitrogens is 1. The molecule has 0 aliphatic rings. The first kappa shape index (κ1) is 16.7. The molecule has 0 saturated heterocycles. The van der Waals surface area contributed by atoms with Gasteiger partial charge in [-0.25, -0.2) is 9.78 Å². The quantitative estimate of drug-likeness (QED) is 0.628. The van der Waals surface area contributed by atoms with Crippen molar-refractivity contribution in [3.05, 3.63) is 53.0 Å². The average Bonchev–Trinajstić information content (AvgIpc) is 3.14. The highest BCUT2D eigenvalue weighted by molar-refractivity contribution is 7.07. The predicted octanol–water partition coefficient (Wildman–Crippen LogP) is 3.15. The lowest BCUT2D eigenvalue weighted by Crippen LogP contribution is -2.30. The van der Waals surface area contributed by atoms with Crippen LogP contribution >= 0.6 is 11.3 Å². The Morgan fingerprint density at radius 3 is 2.68 bits per heavy atom. The van der Waals surface area contributed by atoms with Gasteiger partial charge in [-0.05, 0) is 17.5 Å². The summed E-state index contributed by atoms with van der Waals surface area (Å²) in [6.07, 6.45) is 0. The van der Waals surface area contributed by atoms with Gasteiger partial charge in [-0.1, -0.05) is 24.3 Å². The highest BCUT2D eigenvalue weighted by atomic mass is 32.1. The molecule has 0 saturated carbocycles. The minimum absolute atomic E-state index is 0.228. The van der Waals surface area contributed by atoms with Crippen LogP contribution in [0.3, 0.4) is 0 Å². The van der Waals surface area contributed by atoms with Crippen LogP contribution in [0.5, 0.6) is 0 Å². The summed E-state index contributed by atoms with van der Waals surface area (Å²) >= 11 is 1.35. The predicted molar refractivity (Wildman–Crippen MR) is 99.9 cm³/mol. The van der Waals surface area contributed by atoms with Crippen LogP contribution in [0.4, 0.5) is 16.2 Å². The minimum atomic E-state index is -0.326. The number of nitrogens with zero attached hydrogens (tertiary/aromatic N) is 2. The van der Waals surface area contributed by atoms with Crippen molar-refractivity contribution in [1.82, 2.24) is 15.3 Å². The summed E-state index contributed by atoms with van der Waals surface area (Å²) in [4.78, 5) is 29.4. The number of thiazole rings is 1. The fourth-order valence-corrected chi connectivity index (χ4v) is 2.76. The Morgan fingerprint density at radius 1 is 1.16 bits per heavy atom. The van der Waals surface area contributed by atoms with E-state index < -0.39 is 0 Å². The number of benzene rings is 2. The van der Waals surface area contributed by atoms with Crippen LogP contribution in [0.15, 0.2) is 47.3 Å². The van der Waals surface area contributed by atoms with Gasteiger partial charge in [0, 0.05) is 24.9 Å². The van der Waals surface area contributed by atoms with E-state index in [-0.39, 0.29) is 11.9 Å². The number of nitrogens with one attached hydrogen (secondary N) is 3. The molecule has 7 nitrogen and oxygen atoms in total. The van der Waals surface area contributed by atoms with Crippen LogP contribution in [0, 0.1) is 0 Å². The molecule has 0 bridgehead atoms. The number of hydrogen-bond acceptors (Lipinski definition) is 5. The Bertz CT molecular complexity index is 909. The summed E-state index contributed by atoms with van der Waals surface area (Å²) in [6.45, 7) is 0. The summed E-state index contributed by atoms with van der Waals surface area (Å²) in [7, 11) is 3.35. The Balaban J connectivity index is 1.85. The van der Waals surface area contributed by atoms with E-state index in [1.165, 1.54) is 16.2 Å². The van der Waals surface area contributed by atoms with Crippen molar-refractivity contribution < 1.29 is 9.59 Å². The second-order valence-corrected chi connectivity index (χ2v) is 6.24. The second kappa shape index (κ2) is 7.18. The normalized spacial score (nSPS) is 10.3. The summed E-state index contributed by atoms with van der Waals surface area (Å²) in [5.41, 5.74) is 8.72. The fraction of sp³-hybridized carbons (Fsp3) is 0.118. The Kier molecular flexibility index (Phi) is 4.80. The van der Waals surface area contributed by atoms with Crippen molar-refractivity contribution in [2.24, 2.45) is 0 Å². The van der Waals surface area contributed by atoms with Gasteiger partial charge in [-0.2, -0.15) is 0 Å². The highest BCUT2D eigenvalue weighted by Crippen LogP contribution is 2.28. The van der Waals surface area contributed by atoms with Crippen molar-refractivity contribution in [2.45, 2.75) is 0 Å². The molecule has 128 valence electrons. The van der Waals surface area contributed by atoms with Crippen LogP contribution < -0.4 is 16.2 Å². The third kappa shape index (κ3) is 3.86. The Labute approximate surface area is 148 Å². The third-order valence-electron chi connectivity index (χ3n) is 3.49. The van der Waals surface area contributed by atoms with Gasteiger partial charge in [-0.15, -0.1) is 11.3 Å². The molecule has 0 aliphatic heterocycles. The van der Waals surface area contributed by atoms with Crippen LogP contribution in [-0.4, -0.2) is 35.9 Å². The number of carbonyl (C=O) groups excluding carboxylic acids is 2. The summed E-state index contributed by atoms with van der Waals surface area (Å²) in [6, 6.07) is 11.1. The number of hydrazine groups is 1. The van der Waals surface area contributed by atoms with Gasteiger partial charge in [0.05, 0.1) is 16.9 Å². The van der Waals surface area contributed by atoms with Gasteiger partial charge < -0.3 is 10.2 Å². The lowest BCUT2D eigenvalue weighted by atomic mass is 10.1. The van der Waals surface area contributed by atoms with Crippen molar-refractivity contribution in [1.29, 1.82) is 0 Å². The zero-order valence-corrected chi connectivity index (χ0v) is 14.6. The van der Waals surface area contributed by atoms with Crippen molar-refractivity contribution >= 4 is 45.4 Å². The number of amides is 3. The number of fused-ring (bicyclic) bond motifs is 1. The van der Waals surface area contributed by atoms with E-state index in [2.05, 4.69) is 21.2 Å². The molecule has 1 aromatic heterocycles. The number of hydrogen-bond donors (Lipinski definition) is 3. The highest BCUT2D eigenvalue weighted by Gasteiger charge is 2.11. The summed E-state index contributed by atoms with van der Waals surface area (Å²) in [5.74, 6) is -0.326. The largest absolute Gasteiger partial charge is 0.331 e. The molecule has 1 heterocycles. The second-order valence-electron chi connectivity index (χ2n) is 5.52. The third-order valence-corrected chi connectivity index (χ3v) is 4.08. The molecule has 3 rings (SSSR count). The van der Waals surface area contributed by atoms with Crippen LogP contribution in [0.25, 0.3) is 10.8 Å². The molecule has 25 heavy (non-hydrogen) atoms. The van der Waals surface area contributed by atoms with Crippen molar-refractivity contribution in [3.8, 4) is 0 Å². The Morgan fingerprint density at radius 2 is 1.96 bits per heavy atom. The number of carbonyl (C=O) groups is 2. The van der Waals surface area contributed by atoms with E-state index in [4.69, 9.17) is 0 Å². The molecule has 2 aromatic carbocycles. The van der Waals surface area contributed by atoms with Gasteiger partial charge in [0.15, 0.2) is 0 Å². The summed E-state index contributed by atoms with van der Waals surface area (Å²) < 4.78 is 0. The first-order valence-electron chi connectivity index (χ1n) is 7.50. The summed E-state index contributed by atoms with van der Waals surface area (Å²) in [5, 5.41) is 6.38. The van der Waals surface area contributed by atoms with Crippen LogP contribution in [0.1, 0.15) is 10.5 Å². The van der Waals surface area contributed by atoms with Crippen LogP contribution in [0.2, 0.25) is 0 Å². The first-order chi connectivity index (χ1) is 12.0. The number of anilines is 2. The smallest absolute Gasteiger partial charge is 0.321 e. The molecule has 3 aromatic rings. The minimum Gasteiger partial charge on any atom is -0.331 e. The van der Waals surface area contributed by atoms with Crippen LogP contribution in [-0.2, 0) is 0 Å². The van der Waals surface area contributed by atoms with Gasteiger partial charge in [-0.3, -0.25) is 15.6 Å². The van der Waals surface area contributed by atoms with E-state index >= 15 is 0 Å². The maximum absolute atomic E-state index is 12.0. The monoisotopic (exact) mass is 355 g/mol. The van der Waals surface area contributed by atoms with E-state index in [9.17, 15) is 9.59 Å². The number of urea groups is 1. The molecular weight excluding hydrogens is 338 g/mol. The molecular formula is C17H17N5O2S. The zero-order valence-electron chi connectivity index (χ0n) is 13.7. The Hall–Kier alpha value is -3.13. The molecule has 3 N–H and O–H groups in total. The van der Waals surface area contributed by atoms with Gasteiger partial charge in [0.25, 0.3) is 5.91 Å². The molecule has 0 radical (unpaired) electrons. The average molecular weight is 355 g/mol. The lowest BCUT2D eigenvalue weighted by Gasteiger charge is -2.16. The molecule has 0 unspecified atom stereocenters. The lowest BCUT2D eigenvalue weighted by molar-refractivity contribution is 0.0958. The SMILES string of the molecule is CN(C)C(=O)Nc1cc(NNC(=O)c2cscn2)cc2ccccc12. The van der Waals surface area contributed by atoms with Gasteiger partial charge in [0.2, 0.25) is 0 Å². The number of rotatable bonds is 4. The molecule has 0 fully saturated rings. The van der Waals surface area contributed by atoms with E-state index in [0.717, 1.165) is 10.8 Å². The fourth-order valence-electron chi connectivity index (χ4n) is 2.23. The molecule has 0 atom stereocenters. The van der Waals surface area contributed by atoms with E-state index in [1.54, 1.807) is 31.1 Å². The maximum Gasteiger partial charge on any atom is 0.321 e. The first-order valence-corrected chi connectivity index (χ1v) is 8.44. The van der Waals surface area contributed by atoms with Gasteiger partial charge >= 0.3 is 6.03 Å². The molecule has 3 amide bonds. The van der Waals surface area contributed by atoms with Crippen molar-refractivity contribution in [3.63, 3.8) is 0 Å². The standard InChI is InChI=1S/C17H17N5O2S/c1-22(2)17(24)19-14-8-12(7-11-5-3-4-6-13(11)14)20-21-16(23)15-9-25-10-18-15/h3-10,20H,1-2H3,(H,19,24)(H,21,23). The molecule has 0 spiro atoms. The van der Waals surface area contributed by atoms with Crippen molar-refractivity contribution in [2.75, 3.05) is 24.8 Å². The zero-order chi connectivity index (χ0) is 17.8. The maximum atomic E-state index is 12.0.